The Hall–Kier alpha value is -2.97. The molecule has 0 aliphatic carbocycles. The Morgan fingerprint density at radius 2 is 1.04 bits per heavy atom. The number of hydrogen-bond donors (Lipinski definition) is 0. The van der Waals surface area contributed by atoms with E-state index in [1.807, 2.05) is 0 Å². The number of nitrogens with zero attached hydrogens (tertiary/aromatic N) is 1. The van der Waals surface area contributed by atoms with Gasteiger partial charge in [-0.15, -0.1) is 0 Å². The van der Waals surface area contributed by atoms with Gasteiger partial charge < -0.3 is 18.9 Å². The van der Waals surface area contributed by atoms with Gasteiger partial charge in [0.1, 0.15) is 0 Å². The zero-order chi connectivity index (χ0) is 19.0. The number of esters is 4. The Bertz CT molecular complexity index is 562. The third-order valence-electron chi connectivity index (χ3n) is 3.63. The molecule has 0 spiro atoms. The highest BCUT2D eigenvalue weighted by molar-refractivity contribution is 6.01. The van der Waals surface area contributed by atoms with E-state index < -0.39 is 41.6 Å². The van der Waals surface area contributed by atoms with Gasteiger partial charge in [-0.25, -0.2) is 0 Å². The van der Waals surface area contributed by atoms with Crippen LogP contribution in [-0.2, 0) is 38.1 Å². The summed E-state index contributed by atoms with van der Waals surface area (Å²) in [7, 11) is 4.31. The second-order valence-corrected chi connectivity index (χ2v) is 4.85. The normalized spacial score (nSPS) is 10.5. The highest BCUT2D eigenvalue weighted by Crippen LogP contribution is 2.35. The van der Waals surface area contributed by atoms with Crippen LogP contribution in [0.1, 0.15) is 11.5 Å². The van der Waals surface area contributed by atoms with Crippen LogP contribution in [-0.4, -0.2) is 57.3 Å². The maximum absolute atomic E-state index is 12.2. The number of carbonyl (C=O) groups excluding carboxylic acids is 4. The van der Waals surface area contributed by atoms with Crippen molar-refractivity contribution in [3.05, 3.63) is 30.1 Å². The maximum Gasteiger partial charge on any atom is 0.320 e. The molecular formula is C16H19NO8. The molecule has 0 saturated carbocycles. The zero-order valence-electron chi connectivity index (χ0n) is 14.3. The molecule has 1 aromatic heterocycles. The van der Waals surface area contributed by atoms with Gasteiger partial charge in [-0.1, -0.05) is 0 Å². The highest BCUT2D eigenvalue weighted by Gasteiger charge is 2.49. The molecule has 0 radical (unpaired) electrons. The molecule has 1 heterocycles. The van der Waals surface area contributed by atoms with Gasteiger partial charge in [-0.05, 0) is 17.7 Å². The smallest absolute Gasteiger partial charge is 0.320 e. The van der Waals surface area contributed by atoms with Crippen LogP contribution >= 0.6 is 0 Å². The molecule has 0 aliphatic rings. The highest BCUT2D eigenvalue weighted by atomic mass is 16.6. The molecule has 0 N–H and O–H groups in total. The van der Waals surface area contributed by atoms with E-state index in [4.69, 9.17) is 0 Å². The van der Waals surface area contributed by atoms with Crippen LogP contribution in [0.25, 0.3) is 0 Å². The van der Waals surface area contributed by atoms with Gasteiger partial charge in [0.05, 0.1) is 28.4 Å². The van der Waals surface area contributed by atoms with E-state index in [0.717, 1.165) is 28.4 Å². The Morgan fingerprint density at radius 1 is 0.720 bits per heavy atom. The van der Waals surface area contributed by atoms with E-state index in [-0.39, 0.29) is 0 Å². The standard InChI is InChI=1S/C16H19NO8/c1-22-13(18)11(14(19)23-2)10(9-5-7-17-8-6-9)12(15(20)24-3)16(21)25-4/h5-8,10-12H,1-4H3. The molecule has 1 rings (SSSR count). The summed E-state index contributed by atoms with van der Waals surface area (Å²) < 4.78 is 18.6. The lowest BCUT2D eigenvalue weighted by Gasteiger charge is -2.28. The Labute approximate surface area is 144 Å². The Balaban J connectivity index is 3.60. The lowest BCUT2D eigenvalue weighted by atomic mass is 9.76. The first-order chi connectivity index (χ1) is 11.9. The second-order valence-electron chi connectivity index (χ2n) is 4.85. The third kappa shape index (κ3) is 4.52. The first kappa shape index (κ1) is 20.1. The van der Waals surface area contributed by atoms with Gasteiger partial charge >= 0.3 is 23.9 Å². The summed E-state index contributed by atoms with van der Waals surface area (Å²) in [5.74, 6) is -8.29. The van der Waals surface area contributed by atoms with Crippen molar-refractivity contribution in [2.75, 3.05) is 28.4 Å². The monoisotopic (exact) mass is 353 g/mol. The van der Waals surface area contributed by atoms with Crippen LogP contribution in [0.15, 0.2) is 24.5 Å². The first-order valence-corrected chi connectivity index (χ1v) is 7.14. The predicted octanol–water partition coefficient (Wildman–Crippen LogP) is 0.0896. The van der Waals surface area contributed by atoms with Gasteiger partial charge in [-0.3, -0.25) is 24.2 Å². The van der Waals surface area contributed by atoms with E-state index in [2.05, 4.69) is 23.9 Å². The van der Waals surface area contributed by atoms with Gasteiger partial charge in [0.15, 0.2) is 11.8 Å². The van der Waals surface area contributed by atoms with E-state index in [0.29, 0.717) is 5.56 Å². The molecule has 0 aromatic carbocycles. The number of hydrogen-bond acceptors (Lipinski definition) is 9. The summed E-state index contributed by atoms with van der Waals surface area (Å²) in [6, 6.07) is 2.92. The molecule has 1 aromatic rings. The molecule has 0 bridgehead atoms. The summed E-state index contributed by atoms with van der Waals surface area (Å²) in [6.07, 6.45) is 2.78. The molecule has 0 saturated heterocycles. The topological polar surface area (TPSA) is 118 Å². The number of carbonyl (C=O) groups is 4. The van der Waals surface area contributed by atoms with Gasteiger partial charge in [-0.2, -0.15) is 0 Å². The summed E-state index contributed by atoms with van der Waals surface area (Å²) in [4.78, 5) is 52.7. The molecule has 0 unspecified atom stereocenters. The SMILES string of the molecule is COC(=O)C(C(=O)OC)C(c1ccncc1)C(C(=O)OC)C(=O)OC. The first-order valence-electron chi connectivity index (χ1n) is 7.14. The molecule has 0 atom stereocenters. The quantitative estimate of drug-likeness (QED) is 0.382. The average molecular weight is 353 g/mol. The van der Waals surface area contributed by atoms with E-state index in [1.165, 1.54) is 24.5 Å². The third-order valence-corrected chi connectivity index (χ3v) is 3.63. The largest absolute Gasteiger partial charge is 0.468 e. The van der Waals surface area contributed by atoms with E-state index >= 15 is 0 Å². The van der Waals surface area contributed by atoms with Crippen LogP contribution in [0.3, 0.4) is 0 Å². The zero-order valence-corrected chi connectivity index (χ0v) is 14.3. The molecule has 136 valence electrons. The molecular weight excluding hydrogens is 334 g/mol. The van der Waals surface area contributed by atoms with Crippen molar-refractivity contribution in [3.63, 3.8) is 0 Å². The average Bonchev–Trinajstić information content (AvgIpc) is 2.66. The molecule has 0 aliphatic heterocycles. The summed E-state index contributed by atoms with van der Waals surface area (Å²) in [5, 5.41) is 0. The lowest BCUT2D eigenvalue weighted by molar-refractivity contribution is -0.166. The summed E-state index contributed by atoms with van der Waals surface area (Å²) in [5.41, 5.74) is 0.316. The molecule has 25 heavy (non-hydrogen) atoms. The fraction of sp³-hybridized carbons (Fsp3) is 0.438. The van der Waals surface area contributed by atoms with Crippen molar-refractivity contribution in [1.29, 1.82) is 0 Å². The van der Waals surface area contributed by atoms with Gasteiger partial charge in [0.25, 0.3) is 0 Å². The molecule has 0 amide bonds. The number of ether oxygens (including phenoxy) is 4. The molecule has 9 nitrogen and oxygen atoms in total. The molecule has 9 heteroatoms. The number of methoxy groups -OCH3 is 4. The maximum atomic E-state index is 12.2. The second kappa shape index (κ2) is 9.36. The number of pyridine rings is 1. The predicted molar refractivity (Wildman–Crippen MR) is 82.0 cm³/mol. The van der Waals surface area contributed by atoms with Gasteiger partial charge in [0.2, 0.25) is 0 Å². The van der Waals surface area contributed by atoms with Crippen molar-refractivity contribution in [2.24, 2.45) is 11.8 Å². The van der Waals surface area contributed by atoms with Crippen molar-refractivity contribution < 1.29 is 38.1 Å². The Morgan fingerprint density at radius 3 is 1.32 bits per heavy atom. The van der Waals surface area contributed by atoms with Crippen LogP contribution in [0.5, 0.6) is 0 Å². The van der Waals surface area contributed by atoms with Crippen molar-refractivity contribution in [2.45, 2.75) is 5.92 Å². The van der Waals surface area contributed by atoms with E-state index in [1.54, 1.807) is 0 Å². The van der Waals surface area contributed by atoms with Crippen LogP contribution in [0, 0.1) is 11.8 Å². The van der Waals surface area contributed by atoms with Crippen LogP contribution in [0.2, 0.25) is 0 Å². The lowest BCUT2D eigenvalue weighted by Crippen LogP contribution is -2.42. The number of aromatic nitrogens is 1. The van der Waals surface area contributed by atoms with Crippen LogP contribution in [0.4, 0.5) is 0 Å². The fourth-order valence-electron chi connectivity index (χ4n) is 2.45. The fourth-order valence-corrected chi connectivity index (χ4v) is 2.45. The minimum Gasteiger partial charge on any atom is -0.468 e. The minimum absolute atomic E-state index is 0.316. The Kier molecular flexibility index (Phi) is 7.51. The van der Waals surface area contributed by atoms with Gasteiger partial charge in [0, 0.05) is 18.3 Å². The van der Waals surface area contributed by atoms with E-state index in [9.17, 15) is 19.2 Å². The number of rotatable bonds is 7. The van der Waals surface area contributed by atoms with Crippen molar-refractivity contribution in [1.82, 2.24) is 4.98 Å². The van der Waals surface area contributed by atoms with Crippen molar-refractivity contribution >= 4 is 23.9 Å². The summed E-state index contributed by atoms with van der Waals surface area (Å²) in [6.45, 7) is 0. The minimum atomic E-state index is -1.58. The molecule has 0 fully saturated rings. The van der Waals surface area contributed by atoms with Crippen LogP contribution < -0.4 is 0 Å². The van der Waals surface area contributed by atoms with Crippen molar-refractivity contribution in [3.8, 4) is 0 Å². The summed E-state index contributed by atoms with van der Waals surface area (Å²) >= 11 is 0.